The van der Waals surface area contributed by atoms with E-state index in [0.717, 1.165) is 19.4 Å². The third-order valence-electron chi connectivity index (χ3n) is 1.80. The molecule has 2 nitrogen and oxygen atoms in total. The van der Waals surface area contributed by atoms with Gasteiger partial charge in [-0.25, -0.2) is 0 Å². The molecule has 0 aliphatic carbocycles. The van der Waals surface area contributed by atoms with Crippen LogP contribution in [0.1, 0.15) is 26.2 Å². The Bertz CT molecular complexity index is 105. The topological polar surface area (TPSA) is 29.1 Å². The Balaban J connectivity index is 2.32. The van der Waals surface area contributed by atoms with Crippen LogP contribution in [0.4, 0.5) is 0 Å². The molecule has 1 heterocycles. The third-order valence-corrected chi connectivity index (χ3v) is 1.80. The van der Waals surface area contributed by atoms with Crippen molar-refractivity contribution in [3.05, 3.63) is 0 Å². The molecule has 0 aromatic rings. The van der Waals surface area contributed by atoms with Crippen molar-refractivity contribution in [2.24, 2.45) is 0 Å². The van der Waals surface area contributed by atoms with Crippen molar-refractivity contribution in [1.29, 1.82) is 0 Å². The van der Waals surface area contributed by atoms with Crippen LogP contribution >= 0.6 is 0 Å². The van der Waals surface area contributed by atoms with Gasteiger partial charge in [0.25, 0.3) is 0 Å². The van der Waals surface area contributed by atoms with Crippen LogP contribution in [0.25, 0.3) is 0 Å². The molecule has 1 fully saturated rings. The van der Waals surface area contributed by atoms with Gasteiger partial charge in [-0.05, 0) is 19.4 Å². The highest BCUT2D eigenvalue weighted by molar-refractivity contribution is 5.83. The molecular weight excluding hydrogens is 114 g/mol. The molecule has 1 N–H and O–H groups in total. The Hall–Kier alpha value is -0.370. The fourth-order valence-corrected chi connectivity index (χ4v) is 1.21. The van der Waals surface area contributed by atoms with E-state index in [-0.39, 0.29) is 6.04 Å². The molecule has 2 heteroatoms. The first kappa shape index (κ1) is 6.75. The Morgan fingerprint density at radius 1 is 1.78 bits per heavy atom. The van der Waals surface area contributed by atoms with Crippen molar-refractivity contribution in [2.45, 2.75) is 32.2 Å². The van der Waals surface area contributed by atoms with Gasteiger partial charge in [-0.15, -0.1) is 0 Å². The molecule has 1 unspecified atom stereocenters. The van der Waals surface area contributed by atoms with E-state index in [9.17, 15) is 4.79 Å². The lowest BCUT2D eigenvalue weighted by Gasteiger charge is -2.04. The van der Waals surface area contributed by atoms with E-state index < -0.39 is 0 Å². The zero-order chi connectivity index (χ0) is 6.69. The normalized spacial score (nSPS) is 26.6. The second kappa shape index (κ2) is 2.97. The molecule has 1 aliphatic heterocycles. The molecule has 52 valence electrons. The molecule has 0 saturated carbocycles. The van der Waals surface area contributed by atoms with Crippen LogP contribution in [0.3, 0.4) is 0 Å². The summed E-state index contributed by atoms with van der Waals surface area (Å²) in [5.74, 6) is 0.368. The fraction of sp³-hybridized carbons (Fsp3) is 0.857. The molecule has 0 aromatic heterocycles. The molecule has 1 rings (SSSR count). The highest BCUT2D eigenvalue weighted by atomic mass is 16.1. The maximum absolute atomic E-state index is 11.0. The van der Waals surface area contributed by atoms with Gasteiger partial charge in [0, 0.05) is 6.42 Å². The van der Waals surface area contributed by atoms with Gasteiger partial charge in [0.05, 0.1) is 6.04 Å². The van der Waals surface area contributed by atoms with E-state index in [0.29, 0.717) is 12.2 Å². The maximum atomic E-state index is 11.0. The lowest BCUT2D eigenvalue weighted by atomic mass is 10.1. The molecule has 9 heavy (non-hydrogen) atoms. The molecule has 0 bridgehead atoms. The van der Waals surface area contributed by atoms with Crippen molar-refractivity contribution in [3.63, 3.8) is 0 Å². The molecule has 1 saturated heterocycles. The minimum atomic E-state index is 0.190. The second-order valence-electron chi connectivity index (χ2n) is 2.47. The quantitative estimate of drug-likeness (QED) is 0.592. The van der Waals surface area contributed by atoms with Gasteiger partial charge in [-0.2, -0.15) is 0 Å². The van der Waals surface area contributed by atoms with E-state index in [1.54, 1.807) is 0 Å². The number of carbonyl (C=O) groups excluding carboxylic acids is 1. The van der Waals surface area contributed by atoms with Gasteiger partial charge in [-0.1, -0.05) is 6.92 Å². The Morgan fingerprint density at radius 2 is 2.56 bits per heavy atom. The van der Waals surface area contributed by atoms with Crippen molar-refractivity contribution in [3.8, 4) is 0 Å². The number of nitrogens with one attached hydrogen (secondary N) is 1. The lowest BCUT2D eigenvalue weighted by molar-refractivity contribution is -0.120. The summed E-state index contributed by atoms with van der Waals surface area (Å²) in [5.41, 5.74) is 0. The first-order valence-corrected chi connectivity index (χ1v) is 3.60. The first-order valence-electron chi connectivity index (χ1n) is 3.60. The fourth-order valence-electron chi connectivity index (χ4n) is 1.21. The maximum Gasteiger partial charge on any atom is 0.149 e. The Labute approximate surface area is 55.6 Å². The summed E-state index contributed by atoms with van der Waals surface area (Å²) in [5, 5.41) is 3.16. The van der Waals surface area contributed by atoms with E-state index in [2.05, 4.69) is 5.32 Å². The number of ketones is 1. The second-order valence-corrected chi connectivity index (χ2v) is 2.47. The van der Waals surface area contributed by atoms with Gasteiger partial charge in [-0.3, -0.25) is 4.79 Å². The zero-order valence-corrected chi connectivity index (χ0v) is 5.81. The molecular formula is C7H13NO. The van der Waals surface area contributed by atoms with Crippen molar-refractivity contribution >= 4 is 5.78 Å². The van der Waals surface area contributed by atoms with Crippen LogP contribution < -0.4 is 5.32 Å². The molecule has 1 aliphatic rings. The monoisotopic (exact) mass is 127 g/mol. The van der Waals surface area contributed by atoms with Crippen LogP contribution in [0.2, 0.25) is 0 Å². The van der Waals surface area contributed by atoms with E-state index >= 15 is 0 Å². The lowest BCUT2D eigenvalue weighted by Crippen LogP contribution is -2.29. The van der Waals surface area contributed by atoms with Crippen molar-refractivity contribution in [1.82, 2.24) is 5.32 Å². The summed E-state index contributed by atoms with van der Waals surface area (Å²) in [6.07, 6.45) is 2.89. The predicted octanol–water partition coefficient (Wildman–Crippen LogP) is 0.718. The summed E-state index contributed by atoms with van der Waals surface area (Å²) in [6.45, 7) is 2.94. The first-order chi connectivity index (χ1) is 4.34. The SMILES string of the molecule is CCC(=O)C1CCCN1. The number of rotatable bonds is 2. The minimum Gasteiger partial charge on any atom is -0.307 e. The average molecular weight is 127 g/mol. The predicted molar refractivity (Wildman–Crippen MR) is 36.3 cm³/mol. The molecule has 0 aromatic carbocycles. The summed E-state index contributed by atoms with van der Waals surface area (Å²) < 4.78 is 0. The summed E-state index contributed by atoms with van der Waals surface area (Å²) in [7, 11) is 0. The minimum absolute atomic E-state index is 0.190. The van der Waals surface area contributed by atoms with E-state index in [1.165, 1.54) is 0 Å². The number of hydrogen-bond donors (Lipinski definition) is 1. The van der Waals surface area contributed by atoms with Crippen molar-refractivity contribution < 1.29 is 4.79 Å². The molecule has 0 amide bonds. The molecule has 1 atom stereocenters. The third kappa shape index (κ3) is 1.52. The van der Waals surface area contributed by atoms with Gasteiger partial charge >= 0.3 is 0 Å². The summed E-state index contributed by atoms with van der Waals surface area (Å²) in [4.78, 5) is 11.0. The Morgan fingerprint density at radius 3 is 3.00 bits per heavy atom. The average Bonchev–Trinajstić information content (AvgIpc) is 2.37. The van der Waals surface area contributed by atoms with Crippen LogP contribution in [0.5, 0.6) is 0 Å². The van der Waals surface area contributed by atoms with Crippen LogP contribution in [-0.4, -0.2) is 18.4 Å². The van der Waals surface area contributed by atoms with E-state index in [4.69, 9.17) is 0 Å². The van der Waals surface area contributed by atoms with Gasteiger partial charge < -0.3 is 5.32 Å². The smallest absolute Gasteiger partial charge is 0.149 e. The van der Waals surface area contributed by atoms with Crippen LogP contribution in [-0.2, 0) is 4.79 Å². The summed E-state index contributed by atoms with van der Waals surface area (Å²) >= 11 is 0. The largest absolute Gasteiger partial charge is 0.307 e. The van der Waals surface area contributed by atoms with E-state index in [1.807, 2.05) is 6.92 Å². The number of hydrogen-bond acceptors (Lipinski definition) is 2. The summed E-state index contributed by atoms with van der Waals surface area (Å²) in [6, 6.07) is 0.190. The molecule has 0 radical (unpaired) electrons. The molecule has 0 spiro atoms. The highest BCUT2D eigenvalue weighted by Crippen LogP contribution is 2.06. The standard InChI is InChI=1S/C7H13NO/c1-2-7(9)6-4-3-5-8-6/h6,8H,2-5H2,1H3. The van der Waals surface area contributed by atoms with Crippen LogP contribution in [0, 0.1) is 0 Å². The number of Topliss-reactive ketones (excluding diaryl/α,β-unsaturated/α-hetero) is 1. The highest BCUT2D eigenvalue weighted by Gasteiger charge is 2.19. The van der Waals surface area contributed by atoms with Gasteiger partial charge in [0.2, 0.25) is 0 Å². The number of carbonyl (C=O) groups is 1. The Kier molecular flexibility index (Phi) is 2.22. The van der Waals surface area contributed by atoms with Gasteiger partial charge in [0.1, 0.15) is 5.78 Å². The van der Waals surface area contributed by atoms with Crippen LogP contribution in [0.15, 0.2) is 0 Å². The zero-order valence-electron chi connectivity index (χ0n) is 5.81. The van der Waals surface area contributed by atoms with Gasteiger partial charge in [0.15, 0.2) is 0 Å². The van der Waals surface area contributed by atoms with Crippen molar-refractivity contribution in [2.75, 3.05) is 6.54 Å².